The number of carbonyl (C=O) groups is 2. The van der Waals surface area contributed by atoms with Crippen LogP contribution in [0.5, 0.6) is 0 Å². The van der Waals surface area contributed by atoms with Gasteiger partial charge in [-0.3, -0.25) is 9.59 Å². The molecule has 0 saturated carbocycles. The van der Waals surface area contributed by atoms with Crippen molar-refractivity contribution >= 4 is 40.4 Å². The van der Waals surface area contributed by atoms with Gasteiger partial charge in [-0.15, -0.1) is 11.3 Å². The minimum atomic E-state index is -0.111. The van der Waals surface area contributed by atoms with Gasteiger partial charge in [0, 0.05) is 22.8 Å². The number of para-hydroxylation sites is 1. The van der Waals surface area contributed by atoms with E-state index in [0.29, 0.717) is 22.8 Å². The fourth-order valence-electron chi connectivity index (χ4n) is 2.87. The van der Waals surface area contributed by atoms with Crippen LogP contribution in [0.2, 0.25) is 5.02 Å². The van der Waals surface area contributed by atoms with Crippen LogP contribution in [-0.4, -0.2) is 35.8 Å². The maximum atomic E-state index is 12.7. The summed E-state index contributed by atoms with van der Waals surface area (Å²) in [4.78, 5) is 29.8. The molecule has 6 heteroatoms. The topological polar surface area (TPSA) is 40.6 Å². The molecule has 1 aliphatic rings. The van der Waals surface area contributed by atoms with E-state index in [9.17, 15) is 9.59 Å². The third kappa shape index (κ3) is 3.19. The maximum absolute atomic E-state index is 12.7. The molecule has 1 fully saturated rings. The predicted octanol–water partition coefficient (Wildman–Crippen LogP) is 3.84. The van der Waals surface area contributed by atoms with E-state index < -0.39 is 0 Å². The number of nitrogens with zero attached hydrogens (tertiary/aromatic N) is 2. The highest BCUT2D eigenvalue weighted by atomic mass is 35.5. The predicted molar refractivity (Wildman–Crippen MR) is 98.0 cm³/mol. The number of carbonyl (C=O) groups excluding carboxylic acids is 2. The average Bonchev–Trinajstić information content (AvgIpc) is 3.06. The van der Waals surface area contributed by atoms with E-state index in [1.165, 1.54) is 4.88 Å². The van der Waals surface area contributed by atoms with Crippen molar-refractivity contribution in [2.24, 2.45) is 0 Å². The number of hydrogen-bond donors (Lipinski definition) is 0. The molecule has 0 N–H and O–H groups in total. The minimum Gasteiger partial charge on any atom is -0.325 e. The van der Waals surface area contributed by atoms with Gasteiger partial charge in [0.1, 0.15) is 6.54 Å². The Morgan fingerprint density at radius 1 is 1.38 bits per heavy atom. The largest absolute Gasteiger partial charge is 0.325 e. The molecule has 1 atom stereocenters. The number of anilines is 1. The Hall–Kier alpha value is -1.85. The molecular weight excluding hydrogens is 344 g/mol. The number of thiophene rings is 1. The van der Waals surface area contributed by atoms with E-state index in [-0.39, 0.29) is 24.4 Å². The van der Waals surface area contributed by atoms with Crippen LogP contribution in [0.1, 0.15) is 29.1 Å². The Morgan fingerprint density at radius 3 is 2.79 bits per heavy atom. The van der Waals surface area contributed by atoms with E-state index in [2.05, 4.69) is 6.92 Å². The van der Waals surface area contributed by atoms with Gasteiger partial charge in [0.25, 0.3) is 5.91 Å². The van der Waals surface area contributed by atoms with Crippen LogP contribution in [0.15, 0.2) is 35.7 Å². The molecule has 0 spiro atoms. The Balaban J connectivity index is 1.79. The van der Waals surface area contributed by atoms with Crippen molar-refractivity contribution in [1.82, 2.24) is 4.90 Å². The van der Waals surface area contributed by atoms with Gasteiger partial charge in [-0.2, -0.15) is 0 Å². The van der Waals surface area contributed by atoms with E-state index >= 15 is 0 Å². The van der Waals surface area contributed by atoms with E-state index in [1.54, 1.807) is 27.2 Å². The molecule has 3 rings (SSSR count). The van der Waals surface area contributed by atoms with E-state index in [1.807, 2.05) is 36.6 Å². The highest BCUT2D eigenvalue weighted by Crippen LogP contribution is 2.28. The lowest BCUT2D eigenvalue weighted by atomic mass is 10.1. The van der Waals surface area contributed by atoms with Gasteiger partial charge >= 0.3 is 0 Å². The number of hydrogen-bond acceptors (Lipinski definition) is 3. The molecule has 1 saturated heterocycles. The normalized spacial score (nSPS) is 18.1. The van der Waals surface area contributed by atoms with Crippen molar-refractivity contribution in [2.45, 2.75) is 26.3 Å². The van der Waals surface area contributed by atoms with Crippen molar-refractivity contribution in [3.8, 4) is 0 Å². The molecule has 4 nitrogen and oxygen atoms in total. The van der Waals surface area contributed by atoms with Crippen molar-refractivity contribution in [3.05, 3.63) is 51.2 Å². The van der Waals surface area contributed by atoms with Gasteiger partial charge in [0.05, 0.1) is 16.3 Å². The third-order valence-corrected chi connectivity index (χ3v) is 5.64. The summed E-state index contributed by atoms with van der Waals surface area (Å²) in [6.45, 7) is 4.54. The molecule has 24 heavy (non-hydrogen) atoms. The molecule has 2 heterocycles. The number of benzene rings is 1. The van der Waals surface area contributed by atoms with Crippen molar-refractivity contribution in [1.29, 1.82) is 0 Å². The maximum Gasteiger partial charge on any atom is 0.255 e. The summed E-state index contributed by atoms with van der Waals surface area (Å²) >= 11 is 7.79. The lowest BCUT2D eigenvalue weighted by molar-refractivity contribution is -0.121. The van der Waals surface area contributed by atoms with Crippen LogP contribution < -0.4 is 4.90 Å². The van der Waals surface area contributed by atoms with Crippen molar-refractivity contribution in [3.63, 3.8) is 0 Å². The molecule has 0 aliphatic carbocycles. The Bertz CT molecular complexity index is 774. The first kappa shape index (κ1) is 17.0. The summed E-state index contributed by atoms with van der Waals surface area (Å²) in [5, 5.41) is 2.42. The fraction of sp³-hybridized carbons (Fsp3) is 0.333. The van der Waals surface area contributed by atoms with Gasteiger partial charge in [-0.25, -0.2) is 0 Å². The lowest BCUT2D eigenvalue weighted by Gasteiger charge is -2.39. The monoisotopic (exact) mass is 362 g/mol. The first-order valence-corrected chi connectivity index (χ1v) is 9.20. The standard InChI is InChI=1S/C18H19ClN2O2S/c1-3-14-8-13(11-24-14)18(23)20-10-17(22)21(9-12(20)2)16-7-5-4-6-15(16)19/h4-8,11-12H,3,9-10H2,1-2H3/t12-/m0/s1. The summed E-state index contributed by atoms with van der Waals surface area (Å²) < 4.78 is 0. The molecular formula is C18H19ClN2O2S. The minimum absolute atomic E-state index is 0.0720. The zero-order chi connectivity index (χ0) is 17.3. The van der Waals surface area contributed by atoms with Gasteiger partial charge in [0.2, 0.25) is 5.91 Å². The number of rotatable bonds is 3. The van der Waals surface area contributed by atoms with Gasteiger partial charge in [0.15, 0.2) is 0 Å². The van der Waals surface area contributed by atoms with Crippen LogP contribution >= 0.6 is 22.9 Å². The van der Waals surface area contributed by atoms with E-state index in [0.717, 1.165) is 6.42 Å². The molecule has 1 aliphatic heterocycles. The molecule has 126 valence electrons. The molecule has 0 radical (unpaired) electrons. The number of aryl methyl sites for hydroxylation is 1. The molecule has 0 unspecified atom stereocenters. The van der Waals surface area contributed by atoms with Crippen LogP contribution in [0.4, 0.5) is 5.69 Å². The number of piperazine rings is 1. The van der Waals surface area contributed by atoms with Gasteiger partial charge < -0.3 is 9.80 Å². The Morgan fingerprint density at radius 2 is 2.12 bits per heavy atom. The van der Waals surface area contributed by atoms with E-state index in [4.69, 9.17) is 11.6 Å². The van der Waals surface area contributed by atoms with Crippen molar-refractivity contribution in [2.75, 3.05) is 18.0 Å². The summed E-state index contributed by atoms with van der Waals surface area (Å²) in [6.07, 6.45) is 0.909. The van der Waals surface area contributed by atoms with Crippen LogP contribution in [0.3, 0.4) is 0 Å². The second-order valence-corrected chi connectivity index (χ2v) is 7.30. The molecule has 1 aromatic heterocycles. The Labute approximate surface area is 150 Å². The molecule has 2 aromatic rings. The highest BCUT2D eigenvalue weighted by molar-refractivity contribution is 7.10. The third-order valence-electron chi connectivity index (χ3n) is 4.24. The second kappa shape index (κ2) is 6.95. The fourth-order valence-corrected chi connectivity index (χ4v) is 3.92. The molecule has 1 aromatic carbocycles. The SMILES string of the molecule is CCc1cc(C(=O)N2CC(=O)N(c3ccccc3Cl)C[C@@H]2C)cs1. The highest BCUT2D eigenvalue weighted by Gasteiger charge is 2.34. The zero-order valence-corrected chi connectivity index (χ0v) is 15.2. The van der Waals surface area contributed by atoms with Crippen LogP contribution in [-0.2, 0) is 11.2 Å². The lowest BCUT2D eigenvalue weighted by Crippen LogP contribution is -2.57. The second-order valence-electron chi connectivity index (χ2n) is 5.89. The van der Waals surface area contributed by atoms with Crippen LogP contribution in [0.25, 0.3) is 0 Å². The summed E-state index contributed by atoms with van der Waals surface area (Å²) in [6, 6.07) is 9.14. The average molecular weight is 363 g/mol. The van der Waals surface area contributed by atoms with Gasteiger partial charge in [-0.1, -0.05) is 30.7 Å². The first-order valence-electron chi connectivity index (χ1n) is 7.94. The number of halogens is 1. The molecule has 2 amide bonds. The summed E-state index contributed by atoms with van der Waals surface area (Å²) in [5.74, 6) is -0.189. The number of amides is 2. The quantitative estimate of drug-likeness (QED) is 0.832. The summed E-state index contributed by atoms with van der Waals surface area (Å²) in [7, 11) is 0. The van der Waals surface area contributed by atoms with Gasteiger partial charge in [-0.05, 0) is 31.5 Å². The smallest absolute Gasteiger partial charge is 0.255 e. The Kier molecular flexibility index (Phi) is 4.92. The van der Waals surface area contributed by atoms with Crippen LogP contribution in [0, 0.1) is 0 Å². The molecule has 0 bridgehead atoms. The zero-order valence-electron chi connectivity index (χ0n) is 13.7. The first-order chi connectivity index (χ1) is 11.5. The summed E-state index contributed by atoms with van der Waals surface area (Å²) in [5.41, 5.74) is 1.37. The van der Waals surface area contributed by atoms with Crippen molar-refractivity contribution < 1.29 is 9.59 Å².